The number of piperidine rings is 1. The Bertz CT molecular complexity index is 406. The largest absolute Gasteiger partial charge is 0.399 e. The zero-order chi connectivity index (χ0) is 14.6. The van der Waals surface area contributed by atoms with Crippen LogP contribution < -0.4 is 5.73 Å². The molecule has 0 radical (unpaired) electrons. The first-order chi connectivity index (χ1) is 9.51. The van der Waals surface area contributed by atoms with Gasteiger partial charge >= 0.3 is 0 Å². The van der Waals surface area contributed by atoms with Crippen molar-refractivity contribution in [1.29, 1.82) is 0 Å². The molecule has 1 heterocycles. The fraction of sp³-hybridized carbons (Fsp3) is 0.647. The van der Waals surface area contributed by atoms with Crippen LogP contribution in [0.2, 0.25) is 0 Å². The molecule has 2 N–H and O–H groups in total. The summed E-state index contributed by atoms with van der Waals surface area (Å²) in [5, 5.41) is 0. The lowest BCUT2D eigenvalue weighted by Crippen LogP contribution is -2.43. The third-order valence-electron chi connectivity index (χ3n) is 4.25. The van der Waals surface area contributed by atoms with Gasteiger partial charge in [-0.1, -0.05) is 26.0 Å². The molecule has 0 saturated carbocycles. The maximum absolute atomic E-state index is 5.77. The average Bonchev–Trinajstić information content (AvgIpc) is 2.41. The lowest BCUT2D eigenvalue weighted by Gasteiger charge is -2.37. The normalized spacial score (nSPS) is 18.4. The van der Waals surface area contributed by atoms with Gasteiger partial charge in [-0.3, -0.25) is 0 Å². The molecule has 0 unspecified atom stereocenters. The molecule has 3 heteroatoms. The standard InChI is InChI=1S/C17H28N2O/c1-4-20-16-9-11-19(12-10-16)13-17(2,3)14-5-7-15(18)8-6-14/h5-8,16H,4,9-13,18H2,1-3H3. The lowest BCUT2D eigenvalue weighted by molar-refractivity contribution is 0.0105. The average molecular weight is 276 g/mol. The molecule has 0 amide bonds. The van der Waals surface area contributed by atoms with E-state index in [4.69, 9.17) is 10.5 Å². The first-order valence-electron chi connectivity index (χ1n) is 7.71. The molecule has 1 saturated heterocycles. The van der Waals surface area contributed by atoms with Gasteiger partial charge in [-0.05, 0) is 37.5 Å². The Hall–Kier alpha value is -1.06. The number of nitrogens with two attached hydrogens (primary N) is 1. The van der Waals surface area contributed by atoms with Gasteiger partial charge in [0.05, 0.1) is 6.10 Å². The number of benzene rings is 1. The SMILES string of the molecule is CCOC1CCN(CC(C)(C)c2ccc(N)cc2)CC1. The smallest absolute Gasteiger partial charge is 0.0599 e. The number of hydrogen-bond donors (Lipinski definition) is 1. The number of nitrogen functional groups attached to an aromatic ring is 1. The first-order valence-corrected chi connectivity index (χ1v) is 7.71. The number of hydrogen-bond acceptors (Lipinski definition) is 3. The summed E-state index contributed by atoms with van der Waals surface area (Å²) in [6.45, 7) is 10.9. The van der Waals surface area contributed by atoms with Crippen LogP contribution in [0.4, 0.5) is 5.69 Å². The topological polar surface area (TPSA) is 38.5 Å². The quantitative estimate of drug-likeness (QED) is 0.840. The molecular formula is C17H28N2O. The molecule has 0 spiro atoms. The van der Waals surface area contributed by atoms with Crippen LogP contribution in [0.5, 0.6) is 0 Å². The van der Waals surface area contributed by atoms with E-state index in [1.165, 1.54) is 5.56 Å². The van der Waals surface area contributed by atoms with Crippen molar-refractivity contribution in [2.75, 3.05) is 32.0 Å². The summed E-state index contributed by atoms with van der Waals surface area (Å²) >= 11 is 0. The third-order valence-corrected chi connectivity index (χ3v) is 4.25. The van der Waals surface area contributed by atoms with Crippen LogP contribution in [0, 0.1) is 0 Å². The van der Waals surface area contributed by atoms with Crippen molar-refractivity contribution in [2.45, 2.75) is 45.1 Å². The minimum absolute atomic E-state index is 0.159. The number of ether oxygens (including phenoxy) is 1. The predicted octanol–water partition coefficient (Wildman–Crippen LogP) is 3.05. The van der Waals surface area contributed by atoms with Gasteiger partial charge in [0.2, 0.25) is 0 Å². The van der Waals surface area contributed by atoms with Crippen LogP contribution in [-0.4, -0.2) is 37.2 Å². The predicted molar refractivity (Wildman–Crippen MR) is 85.0 cm³/mol. The molecular weight excluding hydrogens is 248 g/mol. The summed E-state index contributed by atoms with van der Waals surface area (Å²) < 4.78 is 5.72. The molecule has 0 bridgehead atoms. The first kappa shape index (κ1) is 15.3. The van der Waals surface area contributed by atoms with E-state index < -0.39 is 0 Å². The highest BCUT2D eigenvalue weighted by Gasteiger charge is 2.27. The van der Waals surface area contributed by atoms with E-state index in [1.807, 2.05) is 12.1 Å². The zero-order valence-electron chi connectivity index (χ0n) is 13.1. The van der Waals surface area contributed by atoms with Gasteiger partial charge in [-0.2, -0.15) is 0 Å². The fourth-order valence-electron chi connectivity index (χ4n) is 3.05. The van der Waals surface area contributed by atoms with Crippen LogP contribution in [0.1, 0.15) is 39.2 Å². The lowest BCUT2D eigenvalue weighted by atomic mass is 9.83. The highest BCUT2D eigenvalue weighted by atomic mass is 16.5. The Kier molecular flexibility index (Phi) is 5.06. The molecule has 3 nitrogen and oxygen atoms in total. The molecule has 0 aliphatic carbocycles. The summed E-state index contributed by atoms with van der Waals surface area (Å²) in [7, 11) is 0. The van der Waals surface area contributed by atoms with Crippen molar-refractivity contribution in [3.05, 3.63) is 29.8 Å². The third kappa shape index (κ3) is 3.97. The van der Waals surface area contributed by atoms with Crippen LogP contribution >= 0.6 is 0 Å². The Morgan fingerprint density at radius 1 is 1.20 bits per heavy atom. The molecule has 1 aliphatic rings. The zero-order valence-corrected chi connectivity index (χ0v) is 13.1. The van der Waals surface area contributed by atoms with E-state index in [0.717, 1.165) is 44.8 Å². The second kappa shape index (κ2) is 6.59. The van der Waals surface area contributed by atoms with Gasteiger partial charge in [-0.15, -0.1) is 0 Å². The van der Waals surface area contributed by atoms with Crippen LogP contribution in [0.25, 0.3) is 0 Å². The monoisotopic (exact) mass is 276 g/mol. The van der Waals surface area contributed by atoms with Crippen LogP contribution in [0.15, 0.2) is 24.3 Å². The molecule has 1 aromatic rings. The van der Waals surface area contributed by atoms with Gasteiger partial charge in [0.15, 0.2) is 0 Å². The molecule has 1 aliphatic heterocycles. The summed E-state index contributed by atoms with van der Waals surface area (Å²) in [5.41, 5.74) is 8.13. The Morgan fingerprint density at radius 3 is 2.35 bits per heavy atom. The van der Waals surface area contributed by atoms with E-state index >= 15 is 0 Å². The Balaban J connectivity index is 1.91. The second-order valence-corrected chi connectivity index (χ2v) is 6.44. The Morgan fingerprint density at radius 2 is 1.80 bits per heavy atom. The molecule has 1 aromatic carbocycles. The molecule has 112 valence electrons. The van der Waals surface area contributed by atoms with Crippen molar-refractivity contribution < 1.29 is 4.74 Å². The van der Waals surface area contributed by atoms with Gasteiger partial charge in [0.1, 0.15) is 0 Å². The van der Waals surface area contributed by atoms with Crippen molar-refractivity contribution in [3.8, 4) is 0 Å². The Labute approximate surface area is 123 Å². The van der Waals surface area contributed by atoms with Crippen molar-refractivity contribution in [3.63, 3.8) is 0 Å². The van der Waals surface area contributed by atoms with E-state index in [-0.39, 0.29) is 5.41 Å². The number of nitrogens with zero attached hydrogens (tertiary/aromatic N) is 1. The fourth-order valence-corrected chi connectivity index (χ4v) is 3.05. The van der Waals surface area contributed by atoms with Crippen molar-refractivity contribution in [2.24, 2.45) is 0 Å². The highest BCUT2D eigenvalue weighted by molar-refractivity contribution is 5.41. The van der Waals surface area contributed by atoms with E-state index in [9.17, 15) is 0 Å². The summed E-state index contributed by atoms with van der Waals surface area (Å²) in [5.74, 6) is 0. The molecule has 2 rings (SSSR count). The minimum Gasteiger partial charge on any atom is -0.399 e. The number of anilines is 1. The van der Waals surface area contributed by atoms with Gasteiger partial charge in [0, 0.05) is 37.3 Å². The maximum Gasteiger partial charge on any atom is 0.0599 e. The number of likely N-dealkylation sites (tertiary alicyclic amines) is 1. The molecule has 1 fully saturated rings. The van der Waals surface area contributed by atoms with Crippen LogP contribution in [-0.2, 0) is 10.2 Å². The van der Waals surface area contributed by atoms with E-state index in [0.29, 0.717) is 6.10 Å². The van der Waals surface area contributed by atoms with Crippen molar-refractivity contribution in [1.82, 2.24) is 4.90 Å². The van der Waals surface area contributed by atoms with Gasteiger partial charge in [0.25, 0.3) is 0 Å². The summed E-state index contributed by atoms with van der Waals surface area (Å²) in [4.78, 5) is 2.56. The van der Waals surface area contributed by atoms with Crippen LogP contribution in [0.3, 0.4) is 0 Å². The van der Waals surface area contributed by atoms with E-state index in [1.54, 1.807) is 0 Å². The summed E-state index contributed by atoms with van der Waals surface area (Å²) in [6.07, 6.45) is 2.79. The number of rotatable bonds is 5. The molecule has 0 aromatic heterocycles. The highest BCUT2D eigenvalue weighted by Crippen LogP contribution is 2.27. The minimum atomic E-state index is 0.159. The van der Waals surface area contributed by atoms with Gasteiger partial charge < -0.3 is 15.4 Å². The second-order valence-electron chi connectivity index (χ2n) is 6.44. The van der Waals surface area contributed by atoms with Crippen molar-refractivity contribution >= 4 is 5.69 Å². The summed E-state index contributed by atoms with van der Waals surface area (Å²) in [6, 6.07) is 8.31. The van der Waals surface area contributed by atoms with E-state index in [2.05, 4.69) is 37.8 Å². The maximum atomic E-state index is 5.77. The molecule has 0 atom stereocenters. The molecule has 20 heavy (non-hydrogen) atoms. The van der Waals surface area contributed by atoms with Gasteiger partial charge in [-0.25, -0.2) is 0 Å².